The zero-order chi connectivity index (χ0) is 15.3. The van der Waals surface area contributed by atoms with Gasteiger partial charge in [-0.1, -0.05) is 42.8 Å². The molecule has 114 valence electrons. The first-order valence-electron chi connectivity index (χ1n) is 7.17. The Kier molecular flexibility index (Phi) is 5.38. The lowest BCUT2D eigenvalue weighted by Crippen LogP contribution is -2.04. The van der Waals surface area contributed by atoms with Crippen LogP contribution in [0, 0.1) is 0 Å². The van der Waals surface area contributed by atoms with Gasteiger partial charge in [0.15, 0.2) is 0 Å². The van der Waals surface area contributed by atoms with Gasteiger partial charge in [-0.05, 0) is 24.0 Å². The first-order valence-corrected chi connectivity index (χ1v) is 9.09. The molecule has 0 bridgehead atoms. The molecular formula is C16H21O4P. The smallest absolute Gasteiger partial charge is 0.305 e. The molecule has 0 aromatic heterocycles. The van der Waals surface area contributed by atoms with Crippen LogP contribution in [0.5, 0.6) is 0 Å². The summed E-state index contributed by atoms with van der Waals surface area (Å²) in [7, 11) is -1.78. The second-order valence-corrected chi connectivity index (χ2v) is 7.85. The molecule has 0 aliphatic carbocycles. The summed E-state index contributed by atoms with van der Waals surface area (Å²) >= 11 is 0. The number of methoxy groups -OCH3 is 1. The van der Waals surface area contributed by atoms with Crippen LogP contribution >= 0.6 is 7.37 Å². The summed E-state index contributed by atoms with van der Waals surface area (Å²) < 4.78 is 16.9. The maximum atomic E-state index is 12.3. The predicted molar refractivity (Wildman–Crippen MR) is 83.4 cm³/mol. The summed E-state index contributed by atoms with van der Waals surface area (Å²) in [4.78, 5) is 21.2. The van der Waals surface area contributed by atoms with Crippen LogP contribution in [0.2, 0.25) is 0 Å². The Morgan fingerprint density at radius 3 is 2.71 bits per heavy atom. The Morgan fingerprint density at radius 2 is 2.05 bits per heavy atom. The average molecular weight is 308 g/mol. The Balaban J connectivity index is 1.94. The van der Waals surface area contributed by atoms with Gasteiger partial charge in [0.1, 0.15) is 0 Å². The van der Waals surface area contributed by atoms with Gasteiger partial charge in [-0.15, -0.1) is 0 Å². The van der Waals surface area contributed by atoms with Gasteiger partial charge < -0.3 is 9.63 Å². The predicted octanol–water partition coefficient (Wildman–Crippen LogP) is 3.46. The summed E-state index contributed by atoms with van der Waals surface area (Å²) in [6, 6.07) is 9.73. The third-order valence-corrected chi connectivity index (χ3v) is 6.05. The van der Waals surface area contributed by atoms with Crippen molar-refractivity contribution in [3.63, 3.8) is 0 Å². The SMILES string of the molecule is COC(=O)CCCCC1C=C(c2ccccc2)CP1(=O)O. The topological polar surface area (TPSA) is 63.6 Å². The third kappa shape index (κ3) is 4.29. The number of ether oxygens (including phenoxy) is 1. The molecule has 0 radical (unpaired) electrons. The lowest BCUT2D eigenvalue weighted by atomic mass is 10.0. The van der Waals surface area contributed by atoms with Crippen LogP contribution in [0.25, 0.3) is 5.57 Å². The van der Waals surface area contributed by atoms with Crippen molar-refractivity contribution in [3.8, 4) is 0 Å². The molecule has 5 heteroatoms. The summed E-state index contributed by atoms with van der Waals surface area (Å²) in [6.45, 7) is 0. The van der Waals surface area contributed by atoms with E-state index in [-0.39, 0.29) is 17.8 Å². The number of carbonyl (C=O) groups excluding carboxylic acids is 1. The van der Waals surface area contributed by atoms with Crippen LogP contribution < -0.4 is 0 Å². The van der Waals surface area contributed by atoms with E-state index in [9.17, 15) is 14.3 Å². The zero-order valence-corrected chi connectivity index (χ0v) is 13.1. The second-order valence-electron chi connectivity index (χ2n) is 5.36. The van der Waals surface area contributed by atoms with Crippen molar-refractivity contribution >= 4 is 18.9 Å². The molecule has 2 rings (SSSR count). The number of unbranched alkanes of at least 4 members (excludes halogenated alkanes) is 1. The molecule has 2 unspecified atom stereocenters. The fraction of sp³-hybridized carbons (Fsp3) is 0.438. The molecule has 1 aliphatic heterocycles. The maximum Gasteiger partial charge on any atom is 0.305 e. The van der Waals surface area contributed by atoms with E-state index in [2.05, 4.69) is 4.74 Å². The number of allylic oxidation sites excluding steroid dienone is 2. The molecule has 2 atom stereocenters. The minimum absolute atomic E-state index is 0.228. The molecular weight excluding hydrogens is 287 g/mol. The monoisotopic (exact) mass is 308 g/mol. The van der Waals surface area contributed by atoms with Gasteiger partial charge in [0.05, 0.1) is 18.9 Å². The molecule has 4 nitrogen and oxygen atoms in total. The van der Waals surface area contributed by atoms with Crippen molar-refractivity contribution in [1.82, 2.24) is 0 Å². The summed E-state index contributed by atoms with van der Waals surface area (Å²) in [6.07, 6.45) is 4.64. The highest BCUT2D eigenvalue weighted by atomic mass is 31.2. The minimum Gasteiger partial charge on any atom is -0.469 e. The van der Waals surface area contributed by atoms with E-state index in [4.69, 9.17) is 0 Å². The number of carbonyl (C=O) groups is 1. The van der Waals surface area contributed by atoms with Crippen molar-refractivity contribution in [2.75, 3.05) is 13.3 Å². The lowest BCUT2D eigenvalue weighted by molar-refractivity contribution is -0.140. The molecule has 1 N–H and O–H groups in total. The zero-order valence-electron chi connectivity index (χ0n) is 12.2. The number of benzene rings is 1. The molecule has 21 heavy (non-hydrogen) atoms. The highest BCUT2D eigenvalue weighted by Crippen LogP contribution is 2.57. The van der Waals surface area contributed by atoms with Gasteiger partial charge >= 0.3 is 5.97 Å². The fourth-order valence-corrected chi connectivity index (χ4v) is 4.62. The summed E-state index contributed by atoms with van der Waals surface area (Å²) in [5, 5.41) is 0. The highest BCUT2D eigenvalue weighted by molar-refractivity contribution is 7.60. The second kappa shape index (κ2) is 7.06. The van der Waals surface area contributed by atoms with Crippen molar-refractivity contribution in [1.29, 1.82) is 0 Å². The number of hydrogen-bond donors (Lipinski definition) is 1. The molecule has 0 fully saturated rings. The van der Waals surface area contributed by atoms with Crippen molar-refractivity contribution < 1.29 is 19.0 Å². The molecule has 0 saturated heterocycles. The van der Waals surface area contributed by atoms with E-state index in [0.29, 0.717) is 19.3 Å². The van der Waals surface area contributed by atoms with Crippen LogP contribution in [-0.2, 0) is 14.1 Å². The van der Waals surface area contributed by atoms with Crippen LogP contribution in [0.1, 0.15) is 31.2 Å². The van der Waals surface area contributed by atoms with Crippen molar-refractivity contribution in [2.45, 2.75) is 31.3 Å². The van der Waals surface area contributed by atoms with E-state index >= 15 is 0 Å². The van der Waals surface area contributed by atoms with Gasteiger partial charge in [-0.3, -0.25) is 9.36 Å². The van der Waals surface area contributed by atoms with Gasteiger partial charge in [-0.2, -0.15) is 0 Å². The summed E-state index contributed by atoms with van der Waals surface area (Å²) in [5.41, 5.74) is 1.69. The Bertz CT molecular complexity index is 565. The third-order valence-electron chi connectivity index (χ3n) is 3.81. The Hall–Kier alpha value is -1.38. The standard InChI is InChI=1S/C16H21O4P/c1-20-16(17)10-6-5-9-15-11-14(12-21(15,18)19)13-7-3-2-4-8-13/h2-4,7-8,11,15H,5-6,9-10,12H2,1H3,(H,18,19). The average Bonchev–Trinajstić information content (AvgIpc) is 2.79. The van der Waals surface area contributed by atoms with Crippen LogP contribution in [0.15, 0.2) is 36.4 Å². The molecule has 0 spiro atoms. The van der Waals surface area contributed by atoms with E-state index in [0.717, 1.165) is 17.6 Å². The maximum absolute atomic E-state index is 12.3. The van der Waals surface area contributed by atoms with Crippen LogP contribution in [0.4, 0.5) is 0 Å². The molecule has 0 saturated carbocycles. The van der Waals surface area contributed by atoms with Crippen LogP contribution in [0.3, 0.4) is 0 Å². The lowest BCUT2D eigenvalue weighted by Gasteiger charge is -2.13. The number of rotatable bonds is 6. The van der Waals surface area contributed by atoms with Crippen molar-refractivity contribution in [3.05, 3.63) is 42.0 Å². The minimum atomic E-state index is -3.15. The van der Waals surface area contributed by atoms with Crippen LogP contribution in [-0.4, -0.2) is 29.8 Å². The highest BCUT2D eigenvalue weighted by Gasteiger charge is 2.36. The fourth-order valence-electron chi connectivity index (χ4n) is 2.61. The molecule has 1 aliphatic rings. The van der Waals surface area contributed by atoms with Gasteiger partial charge in [0, 0.05) is 6.42 Å². The van der Waals surface area contributed by atoms with Gasteiger partial charge in [-0.25, -0.2) is 0 Å². The normalized spacial score (nSPS) is 24.7. The van der Waals surface area contributed by atoms with E-state index in [1.54, 1.807) is 0 Å². The van der Waals surface area contributed by atoms with Gasteiger partial charge in [0.25, 0.3) is 0 Å². The molecule has 1 aromatic carbocycles. The first kappa shape index (κ1) is 16.0. The quantitative estimate of drug-likeness (QED) is 0.496. The molecule has 1 heterocycles. The van der Waals surface area contributed by atoms with E-state index in [1.165, 1.54) is 7.11 Å². The first-order chi connectivity index (χ1) is 10.0. The molecule has 1 aromatic rings. The summed E-state index contributed by atoms with van der Waals surface area (Å²) in [5.74, 6) is -0.228. The Labute approximate surface area is 125 Å². The molecule has 0 amide bonds. The largest absolute Gasteiger partial charge is 0.469 e. The van der Waals surface area contributed by atoms with Crippen molar-refractivity contribution in [2.24, 2.45) is 0 Å². The number of esters is 1. The number of hydrogen-bond acceptors (Lipinski definition) is 3. The van der Waals surface area contributed by atoms with E-state index in [1.807, 2.05) is 36.4 Å². The van der Waals surface area contributed by atoms with Gasteiger partial charge in [0.2, 0.25) is 7.37 Å². The Morgan fingerprint density at radius 1 is 1.33 bits per heavy atom. The van der Waals surface area contributed by atoms with E-state index < -0.39 is 7.37 Å².